The molecule has 5 aromatic rings. The molecular weight excluding hydrogens is 428 g/mol. The number of nitrogens with one attached hydrogen (secondary N) is 2. The minimum Gasteiger partial charge on any atom is -0.340 e. The minimum atomic E-state index is -0.212. The van der Waals surface area contributed by atoms with Crippen LogP contribution in [0.4, 0.5) is 17.2 Å². The number of aryl methyl sites for hydroxylation is 1. The van der Waals surface area contributed by atoms with E-state index in [1.807, 2.05) is 85.3 Å². The number of carbonyl (C=O) groups is 1. The molecule has 9 heteroatoms. The molecule has 2 aromatic carbocycles. The van der Waals surface area contributed by atoms with E-state index in [4.69, 9.17) is 0 Å². The Hall–Kier alpha value is -4.79. The SMILES string of the molecule is Cc1nccn1-c1cc(Nc2ccc(NC(=O)c3cnn(-c4ccccc4)c3C)cc2)ncn1. The lowest BCUT2D eigenvalue weighted by Crippen LogP contribution is -2.13. The van der Waals surface area contributed by atoms with Gasteiger partial charge < -0.3 is 10.6 Å². The van der Waals surface area contributed by atoms with Crippen molar-refractivity contribution in [2.75, 3.05) is 10.6 Å². The first-order chi connectivity index (χ1) is 16.6. The van der Waals surface area contributed by atoms with Gasteiger partial charge in [0.25, 0.3) is 5.91 Å². The number of hydrogen-bond donors (Lipinski definition) is 2. The number of amides is 1. The summed E-state index contributed by atoms with van der Waals surface area (Å²) in [6, 6.07) is 19.0. The van der Waals surface area contributed by atoms with E-state index < -0.39 is 0 Å². The third-order valence-electron chi connectivity index (χ3n) is 5.40. The lowest BCUT2D eigenvalue weighted by atomic mass is 10.2. The molecule has 9 nitrogen and oxygen atoms in total. The van der Waals surface area contributed by atoms with Crippen LogP contribution in [0.15, 0.2) is 85.6 Å². The molecule has 5 rings (SSSR count). The van der Waals surface area contributed by atoms with Gasteiger partial charge in [0.15, 0.2) is 0 Å². The van der Waals surface area contributed by atoms with E-state index in [0.717, 1.165) is 28.7 Å². The summed E-state index contributed by atoms with van der Waals surface area (Å²) in [6.45, 7) is 3.79. The third kappa shape index (κ3) is 4.26. The first-order valence-corrected chi connectivity index (χ1v) is 10.7. The van der Waals surface area contributed by atoms with Gasteiger partial charge in [0.05, 0.1) is 23.1 Å². The first kappa shape index (κ1) is 21.1. The van der Waals surface area contributed by atoms with Crippen LogP contribution < -0.4 is 10.6 Å². The number of hydrogen-bond acceptors (Lipinski definition) is 6. The van der Waals surface area contributed by atoms with Gasteiger partial charge in [-0.2, -0.15) is 5.10 Å². The fraction of sp³-hybridized carbons (Fsp3) is 0.0800. The average Bonchev–Trinajstić information content (AvgIpc) is 3.46. The summed E-state index contributed by atoms with van der Waals surface area (Å²) in [5, 5.41) is 10.6. The normalized spacial score (nSPS) is 10.8. The van der Waals surface area contributed by atoms with E-state index in [-0.39, 0.29) is 5.91 Å². The topological polar surface area (TPSA) is 103 Å². The molecule has 1 amide bonds. The summed E-state index contributed by atoms with van der Waals surface area (Å²) in [5.41, 5.74) is 3.72. The number of nitrogens with zero attached hydrogens (tertiary/aromatic N) is 6. The monoisotopic (exact) mass is 450 g/mol. The molecule has 3 aromatic heterocycles. The van der Waals surface area contributed by atoms with E-state index in [9.17, 15) is 4.79 Å². The van der Waals surface area contributed by atoms with Gasteiger partial charge in [0.2, 0.25) is 0 Å². The highest BCUT2D eigenvalue weighted by Crippen LogP contribution is 2.20. The average molecular weight is 451 g/mol. The Bertz CT molecular complexity index is 1440. The fourth-order valence-electron chi connectivity index (χ4n) is 3.61. The van der Waals surface area contributed by atoms with Gasteiger partial charge in [0.1, 0.15) is 23.8 Å². The summed E-state index contributed by atoms with van der Waals surface area (Å²) in [4.78, 5) is 25.6. The van der Waals surface area contributed by atoms with Crippen LogP contribution in [0.2, 0.25) is 0 Å². The quantitative estimate of drug-likeness (QED) is 0.396. The standard InChI is InChI=1S/C25H22N8O/c1-17-22(15-29-33(17)21-6-4-3-5-7-21)25(34)31-20-10-8-19(9-11-20)30-23-14-24(28-16-27-23)32-13-12-26-18(32)2/h3-16H,1-2H3,(H,31,34)(H,27,28,30). The minimum absolute atomic E-state index is 0.212. The number of carbonyl (C=O) groups excluding carboxylic acids is 1. The number of para-hydroxylation sites is 1. The van der Waals surface area contributed by atoms with Crippen LogP contribution in [0.5, 0.6) is 0 Å². The molecule has 0 aliphatic rings. The van der Waals surface area contributed by atoms with Crippen LogP contribution in [0.3, 0.4) is 0 Å². The van der Waals surface area contributed by atoms with Crippen LogP contribution in [-0.4, -0.2) is 35.2 Å². The van der Waals surface area contributed by atoms with Gasteiger partial charge in [-0.25, -0.2) is 19.6 Å². The van der Waals surface area contributed by atoms with Gasteiger partial charge in [-0.15, -0.1) is 0 Å². The van der Waals surface area contributed by atoms with Crippen molar-refractivity contribution >= 4 is 23.1 Å². The van der Waals surface area contributed by atoms with Gasteiger partial charge in [-0.05, 0) is 50.2 Å². The third-order valence-corrected chi connectivity index (χ3v) is 5.40. The van der Waals surface area contributed by atoms with Gasteiger partial charge in [-0.1, -0.05) is 18.2 Å². The van der Waals surface area contributed by atoms with Crippen LogP contribution >= 0.6 is 0 Å². The Balaban J connectivity index is 1.27. The largest absolute Gasteiger partial charge is 0.340 e. The zero-order chi connectivity index (χ0) is 23.5. The molecule has 168 valence electrons. The van der Waals surface area contributed by atoms with Crippen molar-refractivity contribution in [2.45, 2.75) is 13.8 Å². The Kier molecular flexibility index (Phi) is 5.57. The molecule has 0 spiro atoms. The maximum Gasteiger partial charge on any atom is 0.259 e. The number of aromatic nitrogens is 6. The summed E-state index contributed by atoms with van der Waals surface area (Å²) in [5.74, 6) is 2.01. The van der Waals surface area contributed by atoms with Crippen LogP contribution in [0.1, 0.15) is 21.9 Å². The predicted molar refractivity (Wildman–Crippen MR) is 130 cm³/mol. The zero-order valence-electron chi connectivity index (χ0n) is 18.7. The molecule has 0 aliphatic heterocycles. The molecule has 0 atom stereocenters. The smallest absolute Gasteiger partial charge is 0.259 e. The predicted octanol–water partition coefficient (Wildman–Crippen LogP) is 4.46. The molecule has 0 aliphatic carbocycles. The van der Waals surface area contributed by atoms with Crippen LogP contribution in [0.25, 0.3) is 11.5 Å². The number of rotatable bonds is 6. The Morgan fingerprint density at radius 1 is 0.912 bits per heavy atom. The van der Waals surface area contributed by atoms with E-state index in [1.54, 1.807) is 17.1 Å². The maximum absolute atomic E-state index is 12.8. The van der Waals surface area contributed by atoms with Gasteiger partial charge in [-0.3, -0.25) is 9.36 Å². The van der Waals surface area contributed by atoms with Crippen molar-refractivity contribution < 1.29 is 4.79 Å². The Morgan fingerprint density at radius 2 is 1.68 bits per heavy atom. The number of imidazole rings is 1. The van der Waals surface area contributed by atoms with Crippen LogP contribution in [0, 0.1) is 13.8 Å². The van der Waals surface area contributed by atoms with Crippen LogP contribution in [-0.2, 0) is 0 Å². The summed E-state index contributed by atoms with van der Waals surface area (Å²) < 4.78 is 3.64. The van der Waals surface area contributed by atoms with E-state index in [2.05, 4.69) is 30.7 Å². The summed E-state index contributed by atoms with van der Waals surface area (Å²) in [6.07, 6.45) is 6.67. The highest BCUT2D eigenvalue weighted by Gasteiger charge is 2.15. The van der Waals surface area contributed by atoms with Crippen molar-refractivity contribution in [3.63, 3.8) is 0 Å². The Morgan fingerprint density at radius 3 is 2.41 bits per heavy atom. The number of anilines is 3. The highest BCUT2D eigenvalue weighted by molar-refractivity contribution is 6.05. The lowest BCUT2D eigenvalue weighted by Gasteiger charge is -2.10. The van der Waals surface area contributed by atoms with Gasteiger partial charge >= 0.3 is 0 Å². The first-order valence-electron chi connectivity index (χ1n) is 10.7. The molecule has 0 saturated heterocycles. The van der Waals surface area contributed by atoms with Crippen molar-refractivity contribution in [3.8, 4) is 11.5 Å². The molecule has 2 N–H and O–H groups in total. The highest BCUT2D eigenvalue weighted by atomic mass is 16.1. The maximum atomic E-state index is 12.8. The summed E-state index contributed by atoms with van der Waals surface area (Å²) in [7, 11) is 0. The van der Waals surface area contributed by atoms with Crippen molar-refractivity contribution in [2.24, 2.45) is 0 Å². The molecule has 34 heavy (non-hydrogen) atoms. The second-order valence-corrected chi connectivity index (χ2v) is 7.65. The molecule has 0 unspecified atom stereocenters. The second kappa shape index (κ2) is 8.99. The molecule has 0 bridgehead atoms. The molecule has 3 heterocycles. The lowest BCUT2D eigenvalue weighted by molar-refractivity contribution is 0.102. The molecular formula is C25H22N8O. The van der Waals surface area contributed by atoms with Crippen molar-refractivity contribution in [1.82, 2.24) is 29.3 Å². The van der Waals surface area contributed by atoms with Crippen molar-refractivity contribution in [1.29, 1.82) is 0 Å². The molecule has 0 saturated carbocycles. The van der Waals surface area contributed by atoms with Gasteiger partial charge in [0, 0.05) is 29.8 Å². The van der Waals surface area contributed by atoms with E-state index in [1.165, 1.54) is 6.33 Å². The summed E-state index contributed by atoms with van der Waals surface area (Å²) >= 11 is 0. The molecule has 0 radical (unpaired) electrons. The zero-order valence-corrected chi connectivity index (χ0v) is 18.7. The number of benzene rings is 2. The Labute approximate surface area is 196 Å². The molecule has 0 fully saturated rings. The fourth-order valence-corrected chi connectivity index (χ4v) is 3.61. The van der Waals surface area contributed by atoms with Crippen molar-refractivity contribution in [3.05, 3.63) is 103 Å². The second-order valence-electron chi connectivity index (χ2n) is 7.65. The van der Waals surface area contributed by atoms with E-state index in [0.29, 0.717) is 17.1 Å². The van der Waals surface area contributed by atoms with E-state index >= 15 is 0 Å².